The number of carbonyl (C=O) groups excluding carboxylic acids is 2. The summed E-state index contributed by atoms with van der Waals surface area (Å²) in [4.78, 5) is 22.2. The van der Waals surface area contributed by atoms with Crippen molar-refractivity contribution in [2.75, 3.05) is 0 Å². The SMILES string of the molecule is O=C1SC(=O)N(O)C1=Cc1ccccc1. The highest BCUT2D eigenvalue weighted by atomic mass is 32.2. The van der Waals surface area contributed by atoms with Gasteiger partial charge in [0.05, 0.1) is 0 Å². The van der Waals surface area contributed by atoms with Crippen molar-refractivity contribution < 1.29 is 14.8 Å². The van der Waals surface area contributed by atoms with Crippen molar-refractivity contribution in [1.29, 1.82) is 0 Å². The first kappa shape index (κ1) is 9.95. The smallest absolute Gasteiger partial charge is 0.280 e. The number of carbonyl (C=O) groups is 2. The summed E-state index contributed by atoms with van der Waals surface area (Å²) in [6, 6.07) is 9.02. The number of rotatable bonds is 1. The average Bonchev–Trinajstić information content (AvgIpc) is 2.47. The highest BCUT2D eigenvalue weighted by Gasteiger charge is 2.33. The number of hydroxylamine groups is 2. The summed E-state index contributed by atoms with van der Waals surface area (Å²) >= 11 is 0.486. The van der Waals surface area contributed by atoms with Gasteiger partial charge in [0.25, 0.3) is 0 Å². The molecule has 0 atom stereocenters. The van der Waals surface area contributed by atoms with E-state index in [-0.39, 0.29) is 5.70 Å². The Hall–Kier alpha value is -1.59. The van der Waals surface area contributed by atoms with Crippen LogP contribution in [-0.2, 0) is 4.79 Å². The normalized spacial score (nSPS) is 19.0. The number of hydrogen-bond donors (Lipinski definition) is 1. The Bertz CT molecular complexity index is 441. The van der Waals surface area contributed by atoms with Gasteiger partial charge >= 0.3 is 5.24 Å². The molecule has 1 saturated heterocycles. The van der Waals surface area contributed by atoms with Gasteiger partial charge in [-0.25, -0.2) is 0 Å². The molecule has 2 rings (SSSR count). The Morgan fingerprint density at radius 2 is 1.87 bits per heavy atom. The molecule has 1 aliphatic heterocycles. The molecule has 0 radical (unpaired) electrons. The number of hydrogen-bond acceptors (Lipinski definition) is 4. The van der Waals surface area contributed by atoms with Crippen molar-refractivity contribution in [2.24, 2.45) is 0 Å². The first-order chi connectivity index (χ1) is 7.18. The van der Waals surface area contributed by atoms with Crippen LogP contribution < -0.4 is 0 Å². The molecule has 5 heteroatoms. The monoisotopic (exact) mass is 221 g/mol. The van der Waals surface area contributed by atoms with Gasteiger partial charge in [0, 0.05) is 11.8 Å². The average molecular weight is 221 g/mol. The van der Waals surface area contributed by atoms with Gasteiger partial charge in [-0.1, -0.05) is 30.3 Å². The predicted octanol–water partition coefficient (Wildman–Crippen LogP) is 2.11. The van der Waals surface area contributed by atoms with Crippen LogP contribution >= 0.6 is 11.8 Å². The molecule has 0 unspecified atom stereocenters. The number of benzene rings is 1. The van der Waals surface area contributed by atoms with Gasteiger partial charge in [-0.2, -0.15) is 5.06 Å². The molecule has 1 aromatic rings. The van der Waals surface area contributed by atoms with E-state index in [1.165, 1.54) is 6.08 Å². The molecule has 0 spiro atoms. The standard InChI is InChI=1S/C10H7NO3S/c12-9-8(11(14)10(13)15-9)6-7-4-2-1-3-5-7/h1-6,14H. The van der Waals surface area contributed by atoms with Crippen LogP contribution in [0.4, 0.5) is 4.79 Å². The Kier molecular flexibility index (Phi) is 2.57. The first-order valence-electron chi connectivity index (χ1n) is 4.20. The van der Waals surface area contributed by atoms with Crippen molar-refractivity contribution in [1.82, 2.24) is 5.06 Å². The molecule has 1 amide bonds. The van der Waals surface area contributed by atoms with Crippen molar-refractivity contribution in [3.63, 3.8) is 0 Å². The van der Waals surface area contributed by atoms with E-state index in [9.17, 15) is 14.8 Å². The van der Waals surface area contributed by atoms with E-state index in [1.54, 1.807) is 12.1 Å². The number of nitrogens with zero attached hydrogens (tertiary/aromatic N) is 1. The third-order valence-electron chi connectivity index (χ3n) is 1.89. The van der Waals surface area contributed by atoms with Crippen molar-refractivity contribution in [3.8, 4) is 0 Å². The summed E-state index contributed by atoms with van der Waals surface area (Å²) in [5.74, 6) is 0. The maximum atomic E-state index is 11.3. The molecule has 1 aromatic carbocycles. The van der Waals surface area contributed by atoms with Crippen molar-refractivity contribution >= 4 is 28.2 Å². The van der Waals surface area contributed by atoms with E-state index in [0.29, 0.717) is 16.8 Å². The summed E-state index contributed by atoms with van der Waals surface area (Å²) in [6.07, 6.45) is 1.47. The highest BCUT2D eigenvalue weighted by molar-refractivity contribution is 8.27. The lowest BCUT2D eigenvalue weighted by molar-refractivity contribution is -0.111. The minimum Gasteiger partial charge on any atom is -0.280 e. The predicted molar refractivity (Wildman–Crippen MR) is 56.0 cm³/mol. The summed E-state index contributed by atoms with van der Waals surface area (Å²) in [5, 5.41) is 8.53. The Morgan fingerprint density at radius 1 is 1.20 bits per heavy atom. The molecule has 1 fully saturated rings. The molecule has 0 aliphatic carbocycles. The fraction of sp³-hybridized carbons (Fsp3) is 0. The molecule has 1 heterocycles. The second kappa shape index (κ2) is 3.88. The molecule has 0 saturated carbocycles. The summed E-state index contributed by atoms with van der Waals surface area (Å²) in [5.41, 5.74) is 0.756. The van der Waals surface area contributed by atoms with Gasteiger partial charge in [0.15, 0.2) is 0 Å². The zero-order valence-electron chi connectivity index (χ0n) is 7.58. The highest BCUT2D eigenvalue weighted by Crippen LogP contribution is 2.28. The van der Waals surface area contributed by atoms with Crippen LogP contribution in [0.3, 0.4) is 0 Å². The number of thioether (sulfide) groups is 1. The second-order valence-electron chi connectivity index (χ2n) is 2.91. The molecule has 0 aromatic heterocycles. The minimum absolute atomic E-state index is 0.00352. The van der Waals surface area contributed by atoms with Crippen LogP contribution in [0, 0.1) is 0 Å². The largest absolute Gasteiger partial charge is 0.317 e. The van der Waals surface area contributed by atoms with E-state index >= 15 is 0 Å². The summed E-state index contributed by atoms with van der Waals surface area (Å²) in [7, 11) is 0. The maximum absolute atomic E-state index is 11.3. The molecule has 0 bridgehead atoms. The molecule has 1 N–H and O–H groups in total. The molecule has 1 aliphatic rings. The van der Waals surface area contributed by atoms with E-state index in [1.807, 2.05) is 18.2 Å². The van der Waals surface area contributed by atoms with Gasteiger partial charge in [-0.05, 0) is 11.6 Å². The van der Waals surface area contributed by atoms with Crippen LogP contribution in [0.15, 0.2) is 36.0 Å². The summed E-state index contributed by atoms with van der Waals surface area (Å²) in [6.45, 7) is 0. The Balaban J connectivity index is 2.35. The molecule has 4 nitrogen and oxygen atoms in total. The lowest BCUT2D eigenvalue weighted by atomic mass is 10.2. The fourth-order valence-corrected chi connectivity index (χ4v) is 1.78. The fourth-order valence-electron chi connectivity index (χ4n) is 1.19. The second-order valence-corrected chi connectivity index (χ2v) is 3.83. The van der Waals surface area contributed by atoms with Crippen LogP contribution in [0.2, 0.25) is 0 Å². The molecular formula is C10H7NO3S. The van der Waals surface area contributed by atoms with Gasteiger partial charge in [-0.3, -0.25) is 14.8 Å². The van der Waals surface area contributed by atoms with Crippen molar-refractivity contribution in [2.45, 2.75) is 0 Å². The third kappa shape index (κ3) is 1.93. The van der Waals surface area contributed by atoms with E-state index in [4.69, 9.17) is 0 Å². The lowest BCUT2D eigenvalue weighted by Gasteiger charge is -2.04. The topological polar surface area (TPSA) is 57.6 Å². The maximum Gasteiger partial charge on any atom is 0.317 e. The van der Waals surface area contributed by atoms with Gasteiger partial charge in [0.1, 0.15) is 5.70 Å². The quantitative estimate of drug-likeness (QED) is 0.583. The van der Waals surface area contributed by atoms with Gasteiger partial charge in [0.2, 0.25) is 5.12 Å². The summed E-state index contributed by atoms with van der Waals surface area (Å²) < 4.78 is 0. The first-order valence-corrected chi connectivity index (χ1v) is 5.02. The molecule has 15 heavy (non-hydrogen) atoms. The van der Waals surface area contributed by atoms with E-state index < -0.39 is 10.4 Å². The van der Waals surface area contributed by atoms with E-state index in [0.717, 1.165) is 5.56 Å². The molecular weight excluding hydrogens is 214 g/mol. The minimum atomic E-state index is -0.665. The van der Waals surface area contributed by atoms with Crippen LogP contribution in [-0.4, -0.2) is 20.6 Å². The molecule has 76 valence electrons. The Labute approximate surface area is 90.1 Å². The zero-order valence-corrected chi connectivity index (χ0v) is 8.40. The van der Waals surface area contributed by atoms with Gasteiger partial charge < -0.3 is 0 Å². The van der Waals surface area contributed by atoms with Crippen molar-refractivity contribution in [3.05, 3.63) is 41.6 Å². The van der Waals surface area contributed by atoms with Gasteiger partial charge in [-0.15, -0.1) is 0 Å². The third-order valence-corrected chi connectivity index (χ3v) is 2.64. The van der Waals surface area contributed by atoms with Crippen LogP contribution in [0.1, 0.15) is 5.56 Å². The Morgan fingerprint density at radius 3 is 2.40 bits per heavy atom. The van der Waals surface area contributed by atoms with Crippen LogP contribution in [0.5, 0.6) is 0 Å². The lowest BCUT2D eigenvalue weighted by Crippen LogP contribution is -2.16. The van der Waals surface area contributed by atoms with E-state index in [2.05, 4.69) is 0 Å². The van der Waals surface area contributed by atoms with Crippen LogP contribution in [0.25, 0.3) is 6.08 Å². The zero-order chi connectivity index (χ0) is 10.8. The number of amides is 1.